The van der Waals surface area contributed by atoms with Gasteiger partial charge in [0.1, 0.15) is 0 Å². The first-order valence-electron chi connectivity index (χ1n) is 5.15. The summed E-state index contributed by atoms with van der Waals surface area (Å²) < 4.78 is 0.935. The monoisotopic (exact) mass is 348 g/mol. The zero-order valence-corrected chi connectivity index (χ0v) is 13.3. The van der Waals surface area contributed by atoms with Crippen molar-refractivity contribution in [1.82, 2.24) is 0 Å². The molecule has 2 aromatic rings. The Morgan fingerprint density at radius 1 is 1.24 bits per heavy atom. The van der Waals surface area contributed by atoms with E-state index in [1.165, 1.54) is 11.1 Å². The molecule has 0 aliphatic heterocycles. The van der Waals surface area contributed by atoms with Crippen LogP contribution in [0.15, 0.2) is 28.1 Å². The summed E-state index contributed by atoms with van der Waals surface area (Å²) in [7, 11) is 0. The molecule has 1 heterocycles. The van der Waals surface area contributed by atoms with Crippen LogP contribution < -0.4 is 0 Å². The average molecular weight is 350 g/mol. The van der Waals surface area contributed by atoms with Crippen LogP contribution in [0.2, 0.25) is 5.02 Å². The Morgan fingerprint density at radius 3 is 2.53 bits per heavy atom. The fourth-order valence-electron chi connectivity index (χ4n) is 1.67. The van der Waals surface area contributed by atoms with Crippen LogP contribution in [0.4, 0.5) is 0 Å². The minimum atomic E-state index is -0.135. The largest absolute Gasteiger partial charge is 0.130 e. The van der Waals surface area contributed by atoms with Crippen LogP contribution in [0.5, 0.6) is 0 Å². The Hall–Kier alpha value is -0.0200. The van der Waals surface area contributed by atoms with Crippen molar-refractivity contribution in [2.75, 3.05) is 0 Å². The molecule has 0 amide bonds. The van der Waals surface area contributed by atoms with Crippen molar-refractivity contribution in [3.63, 3.8) is 0 Å². The molecule has 0 radical (unpaired) electrons. The second-order valence-electron chi connectivity index (χ2n) is 3.99. The maximum Gasteiger partial charge on any atom is 0.0931 e. The van der Waals surface area contributed by atoms with Crippen molar-refractivity contribution >= 4 is 50.5 Å². The topological polar surface area (TPSA) is 0 Å². The SMILES string of the molecule is Cc1ccc(C)c(C(Cl)c2cc(Cl)c(Br)s2)c1. The fraction of sp³-hybridized carbons (Fsp3) is 0.231. The van der Waals surface area contributed by atoms with E-state index >= 15 is 0 Å². The lowest BCUT2D eigenvalue weighted by molar-refractivity contribution is 1.13. The zero-order chi connectivity index (χ0) is 12.6. The van der Waals surface area contributed by atoms with Crippen molar-refractivity contribution in [2.24, 2.45) is 0 Å². The number of hydrogen-bond donors (Lipinski definition) is 0. The molecule has 0 N–H and O–H groups in total. The molecule has 90 valence electrons. The van der Waals surface area contributed by atoms with E-state index in [4.69, 9.17) is 23.2 Å². The van der Waals surface area contributed by atoms with E-state index in [1.807, 2.05) is 6.07 Å². The van der Waals surface area contributed by atoms with E-state index in [0.29, 0.717) is 0 Å². The Bertz CT molecular complexity index is 529. The van der Waals surface area contributed by atoms with Crippen molar-refractivity contribution in [1.29, 1.82) is 0 Å². The predicted molar refractivity (Wildman–Crippen MR) is 80.6 cm³/mol. The van der Waals surface area contributed by atoms with E-state index in [9.17, 15) is 0 Å². The summed E-state index contributed by atoms with van der Waals surface area (Å²) in [6.45, 7) is 4.15. The maximum atomic E-state index is 6.53. The van der Waals surface area contributed by atoms with E-state index in [0.717, 1.165) is 19.2 Å². The third-order valence-corrected chi connectivity index (χ3v) is 5.76. The van der Waals surface area contributed by atoms with Gasteiger partial charge in [-0.25, -0.2) is 0 Å². The van der Waals surface area contributed by atoms with Crippen molar-refractivity contribution in [3.8, 4) is 0 Å². The number of hydrogen-bond acceptors (Lipinski definition) is 1. The van der Waals surface area contributed by atoms with Gasteiger partial charge in [0.2, 0.25) is 0 Å². The van der Waals surface area contributed by atoms with Gasteiger partial charge in [-0.3, -0.25) is 0 Å². The molecule has 1 aromatic heterocycles. The van der Waals surface area contributed by atoms with Crippen molar-refractivity contribution in [3.05, 3.63) is 54.6 Å². The van der Waals surface area contributed by atoms with Crippen LogP contribution in [-0.4, -0.2) is 0 Å². The van der Waals surface area contributed by atoms with Gasteiger partial charge < -0.3 is 0 Å². The smallest absolute Gasteiger partial charge is 0.0931 e. The Kier molecular flexibility index (Phi) is 4.19. The number of aryl methyl sites for hydroxylation is 2. The second kappa shape index (κ2) is 5.31. The molecule has 0 bridgehead atoms. The van der Waals surface area contributed by atoms with Crippen molar-refractivity contribution in [2.45, 2.75) is 19.2 Å². The molecule has 0 saturated carbocycles. The van der Waals surface area contributed by atoms with Gasteiger partial charge in [-0.2, -0.15) is 0 Å². The number of rotatable bonds is 2. The first-order valence-corrected chi connectivity index (χ1v) is 7.57. The molecule has 1 aromatic carbocycles. The normalized spacial score (nSPS) is 12.8. The molecule has 0 aliphatic carbocycles. The summed E-state index contributed by atoms with van der Waals surface area (Å²) in [6, 6.07) is 8.26. The van der Waals surface area contributed by atoms with Gasteiger partial charge in [0, 0.05) is 4.88 Å². The molecule has 1 unspecified atom stereocenters. The molecule has 0 fully saturated rings. The fourth-order valence-corrected chi connectivity index (χ4v) is 3.85. The molecular weight excluding hydrogens is 339 g/mol. The molecule has 0 nitrogen and oxygen atoms in total. The number of thiophene rings is 1. The lowest BCUT2D eigenvalue weighted by Crippen LogP contribution is -1.94. The summed E-state index contributed by atoms with van der Waals surface area (Å²) in [5.41, 5.74) is 3.58. The lowest BCUT2D eigenvalue weighted by atomic mass is 10.0. The minimum Gasteiger partial charge on any atom is -0.130 e. The third-order valence-electron chi connectivity index (χ3n) is 2.62. The number of halogens is 3. The van der Waals surface area contributed by atoms with Gasteiger partial charge in [-0.05, 0) is 47.0 Å². The van der Waals surface area contributed by atoms with Gasteiger partial charge in [0.25, 0.3) is 0 Å². The van der Waals surface area contributed by atoms with E-state index in [2.05, 4.69) is 48.0 Å². The summed E-state index contributed by atoms with van der Waals surface area (Å²) >= 11 is 17.6. The quantitative estimate of drug-likeness (QED) is 0.574. The van der Waals surface area contributed by atoms with Crippen molar-refractivity contribution < 1.29 is 0 Å². The van der Waals surface area contributed by atoms with Crippen LogP contribution in [0.3, 0.4) is 0 Å². The van der Waals surface area contributed by atoms with Gasteiger partial charge in [0.05, 0.1) is 14.2 Å². The van der Waals surface area contributed by atoms with Gasteiger partial charge in [-0.1, -0.05) is 35.4 Å². The summed E-state index contributed by atoms with van der Waals surface area (Å²) in [5.74, 6) is 0. The summed E-state index contributed by atoms with van der Waals surface area (Å²) in [4.78, 5) is 1.07. The van der Waals surface area contributed by atoms with Gasteiger partial charge in [-0.15, -0.1) is 22.9 Å². The van der Waals surface area contributed by atoms with Crippen LogP contribution in [-0.2, 0) is 0 Å². The maximum absolute atomic E-state index is 6.53. The van der Waals surface area contributed by atoms with E-state index < -0.39 is 0 Å². The van der Waals surface area contributed by atoms with Crippen LogP contribution >= 0.6 is 50.5 Å². The zero-order valence-electron chi connectivity index (χ0n) is 9.43. The van der Waals surface area contributed by atoms with Crippen LogP contribution in [0.25, 0.3) is 0 Å². The highest BCUT2D eigenvalue weighted by molar-refractivity contribution is 9.11. The van der Waals surface area contributed by atoms with Crippen LogP contribution in [0.1, 0.15) is 26.9 Å². The summed E-state index contributed by atoms with van der Waals surface area (Å²) in [5, 5.41) is 0.588. The molecule has 0 aliphatic rings. The number of benzene rings is 1. The molecule has 0 spiro atoms. The minimum absolute atomic E-state index is 0.135. The van der Waals surface area contributed by atoms with E-state index in [-0.39, 0.29) is 5.38 Å². The highest BCUT2D eigenvalue weighted by Crippen LogP contribution is 2.41. The molecule has 0 saturated heterocycles. The standard InChI is InChI=1S/C13H11BrCl2S/c1-7-3-4-8(2)9(5-7)12(16)11-6-10(15)13(14)17-11/h3-6,12H,1-2H3. The lowest BCUT2D eigenvalue weighted by Gasteiger charge is -2.12. The van der Waals surface area contributed by atoms with Crippen LogP contribution in [0, 0.1) is 13.8 Å². The van der Waals surface area contributed by atoms with E-state index in [1.54, 1.807) is 11.3 Å². The highest BCUT2D eigenvalue weighted by atomic mass is 79.9. The Morgan fingerprint density at radius 2 is 1.94 bits per heavy atom. The first-order chi connectivity index (χ1) is 7.99. The third kappa shape index (κ3) is 2.87. The Balaban J connectivity index is 2.42. The number of alkyl halides is 1. The second-order valence-corrected chi connectivity index (χ2v) is 7.24. The molecule has 17 heavy (non-hydrogen) atoms. The average Bonchev–Trinajstić information content (AvgIpc) is 2.62. The van der Waals surface area contributed by atoms with Gasteiger partial charge in [0.15, 0.2) is 0 Å². The van der Waals surface area contributed by atoms with Gasteiger partial charge >= 0.3 is 0 Å². The molecule has 4 heteroatoms. The molecule has 2 rings (SSSR count). The predicted octanol–water partition coefficient (Wildman–Crippen LogP) is 6.11. The summed E-state index contributed by atoms with van der Waals surface area (Å²) in [6.07, 6.45) is 0. The first kappa shape index (κ1) is 13.4. The molecule has 1 atom stereocenters. The molecular formula is C13H11BrCl2S. The highest BCUT2D eigenvalue weighted by Gasteiger charge is 2.17. The Labute approximate surface area is 124 Å².